The second kappa shape index (κ2) is 35.1. The van der Waals surface area contributed by atoms with Gasteiger partial charge in [-0.3, -0.25) is 87.8 Å². The second-order valence-corrected chi connectivity index (χ2v) is 37.8. The molecule has 6 saturated heterocycles. The third kappa shape index (κ3) is 18.5. The van der Waals surface area contributed by atoms with E-state index < -0.39 is 312 Å². The number of aromatic amines is 2. The Hall–Kier alpha value is -8.84. The van der Waals surface area contributed by atoms with Crippen molar-refractivity contribution in [3.05, 3.63) is 124 Å². The van der Waals surface area contributed by atoms with Crippen LogP contribution in [0, 0.1) is 0 Å². The summed E-state index contributed by atoms with van der Waals surface area (Å²) in [5.41, 5.74) is 24.8. The summed E-state index contributed by atoms with van der Waals surface area (Å²) in [5.74, 6) is -2.76. The van der Waals surface area contributed by atoms with Crippen molar-refractivity contribution in [2.45, 2.75) is 146 Å². The molecular formula is C56H74N22O43P6. The molecule has 30 N–H and O–H groups in total. The molecule has 0 amide bonds. The Labute approximate surface area is 699 Å². The Kier molecular flexibility index (Phi) is 26.1. The van der Waals surface area contributed by atoms with Crippen molar-refractivity contribution in [2.75, 3.05) is 74.0 Å². The van der Waals surface area contributed by atoms with Crippen molar-refractivity contribution in [2.24, 2.45) is 0 Å². The maximum Gasteiger partial charge on any atom is 0.472 e. The molecule has 0 bridgehead atoms. The lowest BCUT2D eigenvalue weighted by molar-refractivity contribution is -0.0787. The van der Waals surface area contributed by atoms with Crippen LogP contribution >= 0.6 is 46.5 Å². The van der Waals surface area contributed by atoms with E-state index in [9.17, 15) is 132 Å². The summed E-state index contributed by atoms with van der Waals surface area (Å²) in [6.45, 7) is -9.46. The van der Waals surface area contributed by atoms with E-state index in [0.29, 0.717) is 18.3 Å². The summed E-state index contributed by atoms with van der Waals surface area (Å²) >= 11 is 0. The van der Waals surface area contributed by atoms with Gasteiger partial charge in [0.15, 0.2) is 59.7 Å². The Balaban J connectivity index is 0.732. The maximum absolute atomic E-state index is 15.2. The van der Waals surface area contributed by atoms with Crippen molar-refractivity contribution >= 4 is 104 Å². The first kappa shape index (κ1) is 94.3. The van der Waals surface area contributed by atoms with Gasteiger partial charge in [-0.25, -0.2) is 47.4 Å². The molecule has 0 saturated carbocycles. The monoisotopic (exact) mass is 1930 g/mol. The number of hydrogen-bond acceptors (Lipinski definition) is 50. The van der Waals surface area contributed by atoms with Gasteiger partial charge in [-0.2, -0.15) is 29.9 Å². The zero-order valence-corrected chi connectivity index (χ0v) is 68.7. The topological polar surface area (TPSA) is 987 Å². The molecule has 6 aliphatic rings. The number of H-pyrrole nitrogens is 2. The average molecular weight is 1930 g/mol. The van der Waals surface area contributed by atoms with Gasteiger partial charge in [-0.1, -0.05) is 0 Å². The molecular weight excluding hydrogens is 1850 g/mol. The third-order valence-electron chi connectivity index (χ3n) is 20.3. The maximum atomic E-state index is 15.2. The number of phosphoric acid groups is 4. The highest BCUT2D eigenvalue weighted by atomic mass is 31.2. The zero-order chi connectivity index (χ0) is 92.4. The lowest BCUT2D eigenvalue weighted by Gasteiger charge is -2.36. The highest BCUT2D eigenvalue weighted by Gasteiger charge is 2.71. The number of nitrogens with two attached hydrogens (primary N) is 6. The second-order valence-electron chi connectivity index (χ2n) is 28.3. The molecule has 71 heteroatoms. The van der Waals surface area contributed by atoms with Crippen LogP contribution in [0.1, 0.15) is 37.4 Å². The van der Waals surface area contributed by atoms with Crippen molar-refractivity contribution in [3.63, 3.8) is 0 Å². The number of imidazole rings is 2. The molecule has 65 nitrogen and oxygen atoms in total. The summed E-state index contributed by atoms with van der Waals surface area (Å²) < 4.78 is 169. The van der Waals surface area contributed by atoms with Gasteiger partial charge >= 0.3 is 69.2 Å². The van der Waals surface area contributed by atoms with Crippen LogP contribution in [0.5, 0.6) is 0 Å². The van der Waals surface area contributed by atoms with E-state index in [1.54, 1.807) is 0 Å². The molecule has 29 atom stereocenters. The predicted molar refractivity (Wildman–Crippen MR) is 404 cm³/mol. The number of anilines is 6. The molecule has 8 aromatic heterocycles. The number of nitrogens with one attached hydrogen (secondary N) is 2. The Morgan fingerprint density at radius 2 is 0.661 bits per heavy atom. The number of aliphatic hydroxyl groups is 9. The largest absolute Gasteiger partial charge is 0.472 e. The molecule has 14 heterocycles. The van der Waals surface area contributed by atoms with Crippen molar-refractivity contribution in [3.8, 4) is 0 Å². The molecule has 14 rings (SSSR count). The van der Waals surface area contributed by atoms with Crippen LogP contribution in [0.15, 0.2) is 90.5 Å². The summed E-state index contributed by atoms with van der Waals surface area (Å²) in [5, 5.41) is 97.9. The zero-order valence-electron chi connectivity index (χ0n) is 63.3. The summed E-state index contributed by atoms with van der Waals surface area (Å²) in [7, 11) is -36.7. The number of rotatable bonds is 32. The Bertz CT molecular complexity index is 6220. The van der Waals surface area contributed by atoms with Crippen LogP contribution in [0.4, 0.5) is 35.2 Å². The molecule has 696 valence electrons. The van der Waals surface area contributed by atoms with Gasteiger partial charge in [0, 0.05) is 24.8 Å². The lowest BCUT2D eigenvalue weighted by Crippen LogP contribution is -2.52. The molecule has 6 aliphatic heterocycles. The van der Waals surface area contributed by atoms with Crippen molar-refractivity contribution < 1.29 is 177 Å². The first-order valence-electron chi connectivity index (χ1n) is 35.9. The van der Waals surface area contributed by atoms with Crippen LogP contribution in [-0.2, 0) is 96.5 Å². The lowest BCUT2D eigenvalue weighted by atomic mass is 10.1. The van der Waals surface area contributed by atoms with Gasteiger partial charge in [-0.05, 0) is 24.3 Å². The van der Waals surface area contributed by atoms with Gasteiger partial charge in [-0.15, -0.1) is 0 Å². The van der Waals surface area contributed by atoms with Crippen LogP contribution in [0.3, 0.4) is 0 Å². The molecule has 0 radical (unpaired) electrons. The van der Waals surface area contributed by atoms with Gasteiger partial charge in [0.2, 0.25) is 22.6 Å². The van der Waals surface area contributed by atoms with Gasteiger partial charge in [0.1, 0.15) is 121 Å². The van der Waals surface area contributed by atoms with E-state index in [1.807, 2.05) is 0 Å². The van der Waals surface area contributed by atoms with Gasteiger partial charge < -0.3 is 152 Å². The fourth-order valence-corrected chi connectivity index (χ4v) is 20.4. The Morgan fingerprint density at radius 3 is 1.00 bits per heavy atom. The molecule has 0 aliphatic carbocycles. The molecule has 6 fully saturated rings. The fourth-order valence-electron chi connectivity index (χ4n) is 14.2. The summed E-state index contributed by atoms with van der Waals surface area (Å²) in [4.78, 5) is 190. The number of nitrogens with zero attached hydrogens (tertiary/aromatic N) is 14. The molecule has 7 unspecified atom stereocenters. The summed E-state index contributed by atoms with van der Waals surface area (Å²) in [6, 6.07) is 3.95. The number of aromatic nitrogens is 16. The molecule has 127 heavy (non-hydrogen) atoms. The number of phosphoric ester groups is 4. The molecule has 0 spiro atoms. The van der Waals surface area contributed by atoms with Gasteiger partial charge in [0.05, 0.1) is 52.3 Å². The summed E-state index contributed by atoms with van der Waals surface area (Å²) in [6.07, 6.45) is -46.7. The van der Waals surface area contributed by atoms with E-state index in [0.717, 1.165) is 70.8 Å². The number of aliphatic hydroxyl groups excluding tert-OH is 7. The van der Waals surface area contributed by atoms with E-state index >= 15 is 4.57 Å². The van der Waals surface area contributed by atoms with Crippen molar-refractivity contribution in [1.29, 1.82) is 0 Å². The number of ether oxygens (including phenoxy) is 6. The van der Waals surface area contributed by atoms with Crippen LogP contribution in [-0.4, -0.2) is 305 Å². The van der Waals surface area contributed by atoms with E-state index in [1.165, 1.54) is 0 Å². The first-order valence-corrected chi connectivity index (χ1v) is 45.1. The SMILES string of the molecule is Nc1ccn([C@@H]2O[C@H](COP(=O)(O)O[C@H]3[C@@H](O)[C@H](n4ccc(N)nc4=O)O[C@@H]3COP(=O)(O)O[C@H]3[C@@H](O)[C@H](n4cnc5c(=O)[nH]c(N)nc54)O[C@@H]3COP(=O)(O)O[C@@H]3C(COP(=O)(O)[C@@]4(O)C(COP(=O)(O)[C@@]5(O)[C@@H](COP(=O)(O)O)O[C@@H](n6ccc(N)nc6=O)[C@@H]5O)O[C@@H](n5ccc(N)nc5=O)[C@@H]4O)O[C@@H](n4cnc5c(=O)[nH]c(N)nc54)[C@@H]3O)[C@@H](O)[C@H]2O)c(=O)n1. The predicted octanol–water partition coefficient (Wildman–Crippen LogP) is -10.9. The van der Waals surface area contributed by atoms with Gasteiger partial charge in [0.25, 0.3) is 11.1 Å². The normalized spacial score (nSPS) is 33.5. The average Bonchev–Trinajstić information content (AvgIpc) is 1.57. The number of fused-ring (bicyclic) bond motifs is 2. The molecule has 0 aromatic carbocycles. The van der Waals surface area contributed by atoms with E-state index in [-0.39, 0.29) is 11.6 Å². The highest BCUT2D eigenvalue weighted by molar-refractivity contribution is 7.55. The van der Waals surface area contributed by atoms with Crippen LogP contribution < -0.4 is 68.3 Å². The minimum Gasteiger partial charge on any atom is -0.387 e. The van der Waals surface area contributed by atoms with E-state index in [2.05, 4.69) is 54.4 Å². The van der Waals surface area contributed by atoms with E-state index in [4.69, 9.17) is 99.0 Å². The standard InChI is InChI=1S/C56H74N22O43P6/c57-23-1-5-73(51(88)65-23)43-30(80)29(79)17(113-43)9-110-125(101,102)120-35-19(114-44(31(35)81)74-6-2-24(58)66-52(74)89)11-111-127(105,106)121-36-20(116-46(33(36)83)78-16-64-28-40(78)70-50(62)72-42(28)87)12-112-126(103,104)119-34-18(115-45(32(34)82)77-15-63-27-39(77)69-49(61)71-41(27)86)10-107-122(94,95)55(92)21(117-47(37(55)84)75-7-3-25(59)67-53(75)90)13-108-123(96,97)56(93)22(14-109-124(98,99)100)118-48(38(56)85)76-8-4-26(60)68-54(76)91/h1-8,15-22,29-38,43-48,79-85,92-93H,9-14H2,(H,94,95)(H,96,97)(H,101,102)(H,103,104)(H,105,106)(H2,57,65,88)(H2,58,66,89)(H2,59,67,90)(H2,60,68,91)(H2,98,99,100)(H3,61,69,71,86)(H3,62,70,72,87)/t17-,18?,19-,20-,21?,22-,29-,30-,31-,32-,33-,34-,35-,36-,37+,38+,43-,44-,45-,46-,47-,48-,55+,56+/m1/s1. The van der Waals surface area contributed by atoms with Crippen LogP contribution in [0.2, 0.25) is 0 Å². The number of nitrogen functional groups attached to an aromatic ring is 6. The highest BCUT2D eigenvalue weighted by Crippen LogP contribution is 2.67. The Morgan fingerprint density at radius 1 is 0.370 bits per heavy atom. The first-order chi connectivity index (χ1) is 59.3. The number of hydrogen-bond donors (Lipinski definition) is 24. The fraction of sp³-hybridized carbons (Fsp3) is 0.536. The minimum atomic E-state index is -6.58. The van der Waals surface area contributed by atoms with Crippen LogP contribution in [0.25, 0.3) is 22.3 Å². The molecule has 8 aromatic rings. The third-order valence-corrected chi connectivity index (χ3v) is 27.6. The van der Waals surface area contributed by atoms with Crippen molar-refractivity contribution in [1.82, 2.24) is 77.2 Å². The smallest absolute Gasteiger partial charge is 0.387 e. The minimum absolute atomic E-state index is 0.241. The quantitative estimate of drug-likeness (QED) is 0.0174.